The molecule has 1 spiro atoms. The van der Waals surface area contributed by atoms with Gasteiger partial charge in [-0.25, -0.2) is 13.2 Å². The number of likely N-dealkylation sites (N-methyl/N-ethyl adjacent to an activating group) is 1. The summed E-state index contributed by atoms with van der Waals surface area (Å²) in [5.41, 5.74) is -0.418. The van der Waals surface area contributed by atoms with Crippen molar-refractivity contribution in [3.8, 4) is 0 Å². The molecular formula is C24H34N4O5S. The molecule has 10 heteroatoms. The van der Waals surface area contributed by atoms with E-state index in [2.05, 4.69) is 19.2 Å². The van der Waals surface area contributed by atoms with Crippen molar-refractivity contribution < 1.29 is 22.8 Å². The molecule has 2 unspecified atom stereocenters. The van der Waals surface area contributed by atoms with Crippen LogP contribution in [0, 0.1) is 11.8 Å². The Labute approximate surface area is 201 Å². The van der Waals surface area contributed by atoms with E-state index in [0.717, 1.165) is 30.6 Å². The zero-order valence-corrected chi connectivity index (χ0v) is 20.9. The van der Waals surface area contributed by atoms with Crippen LogP contribution in [0.2, 0.25) is 0 Å². The summed E-state index contributed by atoms with van der Waals surface area (Å²) >= 11 is 0. The number of rotatable bonds is 5. The van der Waals surface area contributed by atoms with Gasteiger partial charge in [0.25, 0.3) is 5.91 Å². The van der Waals surface area contributed by atoms with E-state index < -0.39 is 27.5 Å². The van der Waals surface area contributed by atoms with Crippen LogP contribution in [-0.2, 0) is 19.6 Å². The van der Waals surface area contributed by atoms with Gasteiger partial charge in [-0.15, -0.1) is 0 Å². The zero-order valence-electron chi connectivity index (χ0n) is 20.1. The number of nitrogens with one attached hydrogen (secondary N) is 1. The Balaban J connectivity index is 1.40. The van der Waals surface area contributed by atoms with Crippen LogP contribution in [0.3, 0.4) is 0 Å². The first-order chi connectivity index (χ1) is 16.0. The molecule has 1 aromatic carbocycles. The Morgan fingerprint density at radius 1 is 1.03 bits per heavy atom. The molecule has 2 saturated heterocycles. The Kier molecular flexibility index (Phi) is 6.74. The van der Waals surface area contributed by atoms with Gasteiger partial charge in [-0.2, -0.15) is 4.31 Å². The van der Waals surface area contributed by atoms with E-state index in [1.165, 1.54) is 33.5 Å². The fourth-order valence-corrected chi connectivity index (χ4v) is 7.36. The minimum absolute atomic E-state index is 0.178. The largest absolute Gasteiger partial charge is 0.327 e. The van der Waals surface area contributed by atoms with Gasteiger partial charge in [-0.05, 0) is 55.4 Å². The number of benzene rings is 1. The molecule has 3 aliphatic rings. The third-order valence-corrected chi connectivity index (χ3v) is 9.24. The Morgan fingerprint density at radius 3 is 2.21 bits per heavy atom. The molecule has 1 aromatic rings. The lowest BCUT2D eigenvalue weighted by molar-refractivity contribution is -0.136. The summed E-state index contributed by atoms with van der Waals surface area (Å²) in [4.78, 5) is 41.1. The van der Waals surface area contributed by atoms with Crippen LogP contribution in [0.25, 0.3) is 0 Å². The van der Waals surface area contributed by atoms with Gasteiger partial charge in [0.2, 0.25) is 15.9 Å². The highest BCUT2D eigenvalue weighted by atomic mass is 32.2. The average molecular weight is 491 g/mol. The van der Waals surface area contributed by atoms with Gasteiger partial charge in [0.1, 0.15) is 12.1 Å². The normalized spacial score (nSPS) is 25.7. The number of carbonyl (C=O) groups is 3. The fraction of sp³-hybridized carbons (Fsp3) is 0.625. The second-order valence-corrected chi connectivity index (χ2v) is 12.1. The molecule has 0 bridgehead atoms. The van der Waals surface area contributed by atoms with Crippen molar-refractivity contribution in [2.45, 2.75) is 62.8 Å². The van der Waals surface area contributed by atoms with E-state index in [-0.39, 0.29) is 17.3 Å². The van der Waals surface area contributed by atoms with Crippen molar-refractivity contribution in [2.75, 3.05) is 32.0 Å². The predicted octanol–water partition coefficient (Wildman–Crippen LogP) is 2.89. The first-order valence-electron chi connectivity index (χ1n) is 12.0. The highest BCUT2D eigenvalue weighted by molar-refractivity contribution is 7.89. The number of anilines is 1. The van der Waals surface area contributed by atoms with Gasteiger partial charge in [-0.3, -0.25) is 14.5 Å². The highest BCUT2D eigenvalue weighted by Gasteiger charge is 2.55. The molecule has 9 nitrogen and oxygen atoms in total. The summed E-state index contributed by atoms with van der Waals surface area (Å²) in [6, 6.07) is 5.57. The van der Waals surface area contributed by atoms with Gasteiger partial charge >= 0.3 is 6.03 Å². The van der Waals surface area contributed by atoms with E-state index in [9.17, 15) is 22.8 Å². The molecule has 2 heterocycles. The molecular weight excluding hydrogens is 456 g/mol. The first kappa shape index (κ1) is 24.7. The Hall–Kier alpha value is -2.46. The van der Waals surface area contributed by atoms with Crippen molar-refractivity contribution in [3.63, 3.8) is 0 Å². The van der Waals surface area contributed by atoms with Crippen LogP contribution in [0.15, 0.2) is 29.2 Å². The van der Waals surface area contributed by atoms with E-state index >= 15 is 0 Å². The lowest BCUT2D eigenvalue weighted by Gasteiger charge is -2.35. The smallest absolute Gasteiger partial charge is 0.325 e. The van der Waals surface area contributed by atoms with E-state index in [0.29, 0.717) is 43.5 Å². The van der Waals surface area contributed by atoms with E-state index in [1.807, 2.05) is 0 Å². The van der Waals surface area contributed by atoms with Crippen molar-refractivity contribution in [3.05, 3.63) is 24.3 Å². The maximum atomic E-state index is 13.1. The number of hydrogen-bond donors (Lipinski definition) is 1. The standard InChI is InChI=1S/C24H34N4O5S/c1-17-13-18(2)15-27(14-17)34(32,33)20-9-7-19(8-10-20)25-21(29)16-28-22(30)24(26(3)23(28)31)11-5-4-6-12-24/h7-10,17-18H,4-6,11-16H2,1-3H3,(H,25,29). The van der Waals surface area contributed by atoms with E-state index in [1.54, 1.807) is 7.05 Å². The number of imide groups is 1. The molecule has 4 rings (SSSR count). The number of hydrogen-bond acceptors (Lipinski definition) is 5. The lowest BCUT2D eigenvalue weighted by Crippen LogP contribution is -2.49. The second-order valence-electron chi connectivity index (χ2n) is 10.2. The second kappa shape index (κ2) is 9.30. The number of sulfonamides is 1. The summed E-state index contributed by atoms with van der Waals surface area (Å²) < 4.78 is 27.6. The number of piperidine rings is 1. The van der Waals surface area contributed by atoms with Crippen LogP contribution < -0.4 is 5.32 Å². The maximum absolute atomic E-state index is 13.1. The first-order valence-corrected chi connectivity index (χ1v) is 13.5. The molecule has 2 atom stereocenters. The summed E-state index contributed by atoms with van der Waals surface area (Å²) in [7, 11) is -1.98. The molecule has 2 aliphatic heterocycles. The van der Waals surface area contributed by atoms with Crippen LogP contribution in [-0.4, -0.2) is 72.6 Å². The number of nitrogens with zero attached hydrogens (tertiary/aromatic N) is 3. The molecule has 1 aliphatic carbocycles. The van der Waals surface area contributed by atoms with Gasteiger partial charge < -0.3 is 10.2 Å². The van der Waals surface area contributed by atoms with Gasteiger partial charge in [-0.1, -0.05) is 33.1 Å². The number of urea groups is 1. The van der Waals surface area contributed by atoms with Gasteiger partial charge in [0.15, 0.2) is 0 Å². The minimum Gasteiger partial charge on any atom is -0.325 e. The zero-order chi connectivity index (χ0) is 24.7. The number of amides is 4. The molecule has 1 saturated carbocycles. The van der Waals surface area contributed by atoms with Crippen LogP contribution in [0.4, 0.5) is 10.5 Å². The Morgan fingerprint density at radius 2 is 1.62 bits per heavy atom. The third-order valence-electron chi connectivity index (χ3n) is 7.40. The highest BCUT2D eigenvalue weighted by Crippen LogP contribution is 2.39. The minimum atomic E-state index is -3.61. The quantitative estimate of drug-likeness (QED) is 0.639. The maximum Gasteiger partial charge on any atom is 0.327 e. The average Bonchev–Trinajstić information content (AvgIpc) is 2.95. The molecule has 186 valence electrons. The molecule has 0 radical (unpaired) electrons. The molecule has 3 fully saturated rings. The van der Waals surface area contributed by atoms with Crippen molar-refractivity contribution in [2.24, 2.45) is 11.8 Å². The van der Waals surface area contributed by atoms with Crippen LogP contribution in [0.5, 0.6) is 0 Å². The number of carbonyl (C=O) groups excluding carboxylic acids is 3. The van der Waals surface area contributed by atoms with Crippen molar-refractivity contribution in [1.29, 1.82) is 0 Å². The summed E-state index contributed by atoms with van der Waals surface area (Å²) in [5.74, 6) is -0.196. The lowest BCUT2D eigenvalue weighted by atomic mass is 9.81. The van der Waals surface area contributed by atoms with Crippen molar-refractivity contribution in [1.82, 2.24) is 14.1 Å². The van der Waals surface area contributed by atoms with Gasteiger partial charge in [0, 0.05) is 25.8 Å². The molecule has 0 aromatic heterocycles. The third kappa shape index (κ3) is 4.45. The molecule has 1 N–H and O–H groups in total. The Bertz CT molecular complexity index is 1060. The molecule has 4 amide bonds. The predicted molar refractivity (Wildman–Crippen MR) is 127 cm³/mol. The van der Waals surface area contributed by atoms with Crippen molar-refractivity contribution >= 4 is 33.6 Å². The summed E-state index contributed by atoms with van der Waals surface area (Å²) in [6.45, 7) is 4.74. The fourth-order valence-electron chi connectivity index (χ4n) is 5.68. The van der Waals surface area contributed by atoms with Crippen LogP contribution >= 0.6 is 0 Å². The summed E-state index contributed by atoms with van der Waals surface area (Å²) in [6.07, 6.45) is 5.06. The van der Waals surface area contributed by atoms with Gasteiger partial charge in [0.05, 0.1) is 4.90 Å². The monoisotopic (exact) mass is 490 g/mol. The SMILES string of the molecule is CC1CC(C)CN(S(=O)(=O)c2ccc(NC(=O)CN3C(=O)N(C)C4(CCCCC4)C3=O)cc2)C1. The topological polar surface area (TPSA) is 107 Å². The van der Waals surface area contributed by atoms with Crippen LogP contribution in [0.1, 0.15) is 52.4 Å². The van der Waals surface area contributed by atoms with E-state index in [4.69, 9.17) is 0 Å². The molecule has 34 heavy (non-hydrogen) atoms. The summed E-state index contributed by atoms with van der Waals surface area (Å²) in [5, 5.41) is 2.68.